The zero-order valence-electron chi connectivity index (χ0n) is 23.1. The predicted octanol–water partition coefficient (Wildman–Crippen LogP) is 4.94. The zero-order chi connectivity index (χ0) is 27.3. The van der Waals surface area contributed by atoms with Gasteiger partial charge in [-0.25, -0.2) is 4.79 Å². The minimum atomic E-state index is -0.927. The number of hydrogen-bond acceptors (Lipinski definition) is 4. The highest BCUT2D eigenvalue weighted by molar-refractivity contribution is 5.93. The predicted molar refractivity (Wildman–Crippen MR) is 142 cm³/mol. The molecule has 7 heteroatoms. The monoisotopic (exact) mass is 497 g/mol. The molecule has 0 bridgehead atoms. The van der Waals surface area contributed by atoms with Gasteiger partial charge in [-0.05, 0) is 84.8 Å². The Morgan fingerprint density at radius 3 is 2.19 bits per heavy atom. The molecular formula is C29H43N3O4. The summed E-state index contributed by atoms with van der Waals surface area (Å²) in [5.74, 6) is 2.19. The average Bonchev–Trinajstić information content (AvgIpc) is 2.68. The smallest absolute Gasteiger partial charge is 0.408 e. The van der Waals surface area contributed by atoms with E-state index in [1.807, 2.05) is 46.8 Å². The van der Waals surface area contributed by atoms with Gasteiger partial charge in [-0.15, -0.1) is 6.42 Å². The number of ether oxygens (including phenoxy) is 1. The zero-order valence-corrected chi connectivity index (χ0v) is 23.1. The molecule has 198 valence electrons. The van der Waals surface area contributed by atoms with Crippen molar-refractivity contribution in [2.75, 3.05) is 0 Å². The van der Waals surface area contributed by atoms with Crippen LogP contribution in [0.15, 0.2) is 24.3 Å². The van der Waals surface area contributed by atoms with Gasteiger partial charge in [0.25, 0.3) is 0 Å². The van der Waals surface area contributed by atoms with Gasteiger partial charge in [-0.1, -0.05) is 38.0 Å². The number of nitrogens with one attached hydrogen (secondary N) is 2. The summed E-state index contributed by atoms with van der Waals surface area (Å²) >= 11 is 0. The summed E-state index contributed by atoms with van der Waals surface area (Å²) in [5, 5.41) is 5.83. The Kier molecular flexibility index (Phi) is 9.59. The lowest BCUT2D eigenvalue weighted by Crippen LogP contribution is -2.59. The van der Waals surface area contributed by atoms with Crippen molar-refractivity contribution < 1.29 is 19.1 Å². The number of rotatable bonds is 8. The fourth-order valence-electron chi connectivity index (χ4n) is 4.23. The van der Waals surface area contributed by atoms with Crippen LogP contribution in [0.5, 0.6) is 0 Å². The van der Waals surface area contributed by atoms with Crippen molar-refractivity contribution in [2.45, 2.75) is 110 Å². The van der Waals surface area contributed by atoms with Gasteiger partial charge in [0.15, 0.2) is 0 Å². The van der Waals surface area contributed by atoms with Gasteiger partial charge >= 0.3 is 6.09 Å². The Bertz CT molecular complexity index is 977. The molecule has 2 atom stereocenters. The van der Waals surface area contributed by atoms with Gasteiger partial charge in [0.2, 0.25) is 11.8 Å². The van der Waals surface area contributed by atoms with E-state index >= 15 is 0 Å². The SMILES string of the molecule is C#Cc1ccccc1C(C(=O)NC(C)(C)C)N(C(=O)C(CC(C)C)NC(=O)OC(C)(C)C)C1CCC1. The number of terminal acetylenes is 1. The van der Waals surface area contributed by atoms with Crippen molar-refractivity contribution in [2.24, 2.45) is 5.92 Å². The molecule has 1 aliphatic carbocycles. The van der Waals surface area contributed by atoms with Crippen molar-refractivity contribution in [1.29, 1.82) is 0 Å². The number of benzene rings is 1. The maximum atomic E-state index is 14.2. The van der Waals surface area contributed by atoms with E-state index in [9.17, 15) is 14.4 Å². The standard InChI is InChI=1S/C29H43N3O4/c1-10-20-14-11-12-17-22(20)24(25(33)31-28(4,5)6)32(21-15-13-16-21)26(34)23(18-19(2)3)30-27(35)36-29(7,8)9/h1,11-12,14,17,19,21,23-24H,13,15-16,18H2,2-9H3,(H,30,35)(H,31,33). The van der Waals surface area contributed by atoms with Crippen LogP contribution in [0.25, 0.3) is 0 Å². The number of alkyl carbamates (subject to hydrolysis) is 1. The third-order valence-corrected chi connectivity index (χ3v) is 5.85. The maximum Gasteiger partial charge on any atom is 0.408 e. The quantitative estimate of drug-likeness (QED) is 0.498. The molecule has 0 saturated heterocycles. The molecule has 2 unspecified atom stereocenters. The molecule has 1 saturated carbocycles. The third-order valence-electron chi connectivity index (χ3n) is 5.85. The fraction of sp³-hybridized carbons (Fsp3) is 0.621. The first-order valence-electron chi connectivity index (χ1n) is 12.8. The van der Waals surface area contributed by atoms with Crippen LogP contribution in [0.3, 0.4) is 0 Å². The second kappa shape index (κ2) is 11.8. The van der Waals surface area contributed by atoms with Crippen LogP contribution < -0.4 is 10.6 Å². The normalized spacial score (nSPS) is 15.8. The minimum absolute atomic E-state index is 0.122. The van der Waals surface area contributed by atoms with Crippen LogP contribution in [0.1, 0.15) is 98.2 Å². The highest BCUT2D eigenvalue weighted by Crippen LogP contribution is 2.35. The first-order chi connectivity index (χ1) is 16.6. The van der Waals surface area contributed by atoms with E-state index in [4.69, 9.17) is 11.2 Å². The second-order valence-electron chi connectivity index (χ2n) is 12.0. The lowest BCUT2D eigenvalue weighted by atomic mass is 9.86. The van der Waals surface area contributed by atoms with Crippen molar-refractivity contribution in [3.05, 3.63) is 35.4 Å². The summed E-state index contributed by atoms with van der Waals surface area (Å²) in [5.41, 5.74) is -0.0583. The molecular weight excluding hydrogens is 454 g/mol. The van der Waals surface area contributed by atoms with Crippen LogP contribution in [0, 0.1) is 18.3 Å². The Balaban J connectivity index is 2.57. The highest BCUT2D eigenvalue weighted by atomic mass is 16.6. The summed E-state index contributed by atoms with van der Waals surface area (Å²) < 4.78 is 5.45. The summed E-state index contributed by atoms with van der Waals surface area (Å²) in [4.78, 5) is 42.4. The number of hydrogen-bond donors (Lipinski definition) is 2. The molecule has 1 fully saturated rings. The maximum absolute atomic E-state index is 14.2. The molecule has 2 N–H and O–H groups in total. The second-order valence-corrected chi connectivity index (χ2v) is 12.0. The molecule has 0 aromatic heterocycles. The summed E-state index contributed by atoms with van der Waals surface area (Å²) in [6.07, 6.45) is 8.09. The number of amides is 3. The lowest BCUT2D eigenvalue weighted by molar-refractivity contribution is -0.148. The van der Waals surface area contributed by atoms with Gasteiger partial charge in [0.05, 0.1) is 0 Å². The van der Waals surface area contributed by atoms with Gasteiger partial charge in [-0.2, -0.15) is 0 Å². The van der Waals surface area contributed by atoms with Crippen LogP contribution in [0.2, 0.25) is 0 Å². The highest BCUT2D eigenvalue weighted by Gasteiger charge is 2.43. The summed E-state index contributed by atoms with van der Waals surface area (Å²) in [6, 6.07) is 5.32. The van der Waals surface area contributed by atoms with E-state index in [0.29, 0.717) is 17.5 Å². The molecule has 1 aromatic carbocycles. The number of carbonyl (C=O) groups excluding carboxylic acids is 3. The summed E-state index contributed by atoms with van der Waals surface area (Å²) in [7, 11) is 0. The van der Waals surface area contributed by atoms with Crippen LogP contribution in [0.4, 0.5) is 4.79 Å². The molecule has 0 aliphatic heterocycles. The van der Waals surface area contributed by atoms with E-state index in [1.54, 1.807) is 37.8 Å². The molecule has 0 heterocycles. The van der Waals surface area contributed by atoms with E-state index in [2.05, 4.69) is 16.6 Å². The van der Waals surface area contributed by atoms with E-state index in [1.165, 1.54) is 0 Å². The van der Waals surface area contributed by atoms with E-state index < -0.39 is 29.3 Å². The molecule has 2 rings (SSSR count). The van der Waals surface area contributed by atoms with Gasteiger partial charge in [0, 0.05) is 17.1 Å². The molecule has 36 heavy (non-hydrogen) atoms. The van der Waals surface area contributed by atoms with Gasteiger partial charge in [-0.3, -0.25) is 9.59 Å². The van der Waals surface area contributed by atoms with Crippen molar-refractivity contribution in [1.82, 2.24) is 15.5 Å². The summed E-state index contributed by atoms with van der Waals surface area (Å²) in [6.45, 7) is 15.0. The molecule has 0 radical (unpaired) electrons. The fourth-order valence-corrected chi connectivity index (χ4v) is 4.23. The van der Waals surface area contributed by atoms with Crippen molar-refractivity contribution in [3.63, 3.8) is 0 Å². The molecule has 0 spiro atoms. The van der Waals surface area contributed by atoms with Gasteiger partial charge in [0.1, 0.15) is 17.7 Å². The minimum Gasteiger partial charge on any atom is -0.444 e. The first kappa shape index (κ1) is 29.2. The first-order valence-corrected chi connectivity index (χ1v) is 12.8. The van der Waals surface area contributed by atoms with Crippen LogP contribution in [-0.4, -0.2) is 46.0 Å². The Morgan fingerprint density at radius 1 is 1.11 bits per heavy atom. The largest absolute Gasteiger partial charge is 0.444 e. The molecule has 7 nitrogen and oxygen atoms in total. The van der Waals surface area contributed by atoms with Crippen molar-refractivity contribution >= 4 is 17.9 Å². The topological polar surface area (TPSA) is 87.7 Å². The Hall–Kier alpha value is -3.01. The molecule has 3 amide bonds. The molecule has 1 aliphatic rings. The Labute approximate surface area is 216 Å². The molecule has 1 aromatic rings. The van der Waals surface area contributed by atoms with E-state index in [0.717, 1.165) is 19.3 Å². The third kappa shape index (κ3) is 8.29. The van der Waals surface area contributed by atoms with E-state index in [-0.39, 0.29) is 23.8 Å². The lowest BCUT2D eigenvalue weighted by Gasteiger charge is -2.44. The average molecular weight is 498 g/mol. The van der Waals surface area contributed by atoms with Gasteiger partial charge < -0.3 is 20.3 Å². The van der Waals surface area contributed by atoms with Crippen LogP contribution >= 0.6 is 0 Å². The van der Waals surface area contributed by atoms with Crippen LogP contribution in [-0.2, 0) is 14.3 Å². The van der Waals surface area contributed by atoms with Crippen molar-refractivity contribution in [3.8, 4) is 12.3 Å². The number of nitrogens with zero attached hydrogens (tertiary/aromatic N) is 1. The number of carbonyl (C=O) groups is 3. The Morgan fingerprint density at radius 2 is 1.72 bits per heavy atom.